The van der Waals surface area contributed by atoms with Crippen LogP contribution in [0.3, 0.4) is 0 Å². The van der Waals surface area contributed by atoms with Gasteiger partial charge in [0.15, 0.2) is 0 Å². The Balaban J connectivity index is 4.31. The van der Waals surface area contributed by atoms with Crippen molar-refractivity contribution in [3.63, 3.8) is 0 Å². The topological polar surface area (TPSA) is 114 Å². The molecule has 0 saturated carbocycles. The van der Waals surface area contributed by atoms with Crippen LogP contribution in [0.25, 0.3) is 0 Å². The van der Waals surface area contributed by atoms with Crippen LogP contribution in [0.4, 0.5) is 0 Å². The number of aliphatic hydroxyl groups is 2. The Bertz CT molecular complexity index is 370. The maximum absolute atomic E-state index is 8.74. The summed E-state index contributed by atoms with van der Waals surface area (Å²) in [6.45, 7) is 12.5. The molecule has 10 nitrogen and oxygen atoms in total. The van der Waals surface area contributed by atoms with Gasteiger partial charge in [0.05, 0.1) is 79.3 Å². The van der Waals surface area contributed by atoms with Gasteiger partial charge in [-0.3, -0.25) is 0 Å². The van der Waals surface area contributed by atoms with Crippen molar-refractivity contribution >= 4 is 8.80 Å². The van der Waals surface area contributed by atoms with E-state index in [1.54, 1.807) is 0 Å². The first kappa shape index (κ1) is 30.8. The molecule has 0 fully saturated rings. The van der Waals surface area contributed by atoms with Crippen LogP contribution >= 0.6 is 0 Å². The Labute approximate surface area is 188 Å². The van der Waals surface area contributed by atoms with E-state index in [4.69, 9.17) is 47.2 Å². The van der Waals surface area contributed by atoms with Gasteiger partial charge in [0, 0.05) is 18.8 Å². The van der Waals surface area contributed by atoms with Gasteiger partial charge in [-0.1, -0.05) is 13.8 Å². The highest BCUT2D eigenvalue weighted by atomic mass is 28.4. The van der Waals surface area contributed by atoms with Crippen LogP contribution in [0.5, 0.6) is 0 Å². The number of hydrogen-bond donors (Lipinski definition) is 2. The van der Waals surface area contributed by atoms with Gasteiger partial charge in [-0.15, -0.1) is 0 Å². The minimum Gasteiger partial charge on any atom is -0.394 e. The molecular formula is C20H44O10Si. The van der Waals surface area contributed by atoms with Crippen molar-refractivity contribution in [2.24, 2.45) is 0 Å². The van der Waals surface area contributed by atoms with Crippen molar-refractivity contribution in [1.29, 1.82) is 0 Å². The molecule has 0 amide bonds. The predicted molar refractivity (Wildman–Crippen MR) is 117 cm³/mol. The second-order valence-corrected chi connectivity index (χ2v) is 10.0. The first-order valence-electron chi connectivity index (χ1n) is 11.1. The van der Waals surface area contributed by atoms with Crippen molar-refractivity contribution in [2.75, 3.05) is 92.5 Å². The molecular weight excluding hydrogens is 428 g/mol. The van der Waals surface area contributed by atoms with Crippen LogP contribution in [0.15, 0.2) is 0 Å². The average Bonchev–Trinajstić information content (AvgIpc) is 2.75. The molecule has 0 radical (unpaired) electrons. The van der Waals surface area contributed by atoms with E-state index in [-0.39, 0.29) is 31.5 Å². The largest absolute Gasteiger partial charge is 0.503 e. The molecule has 0 saturated heterocycles. The third kappa shape index (κ3) is 16.1. The monoisotopic (exact) mass is 472 g/mol. The van der Waals surface area contributed by atoms with Crippen LogP contribution in [0, 0.1) is 0 Å². The Kier molecular flexibility index (Phi) is 21.5. The quantitative estimate of drug-likeness (QED) is 0.155. The second kappa shape index (κ2) is 21.7. The summed E-state index contributed by atoms with van der Waals surface area (Å²) in [6.07, 6.45) is -0.276. The number of hydrogen-bond acceptors (Lipinski definition) is 10. The maximum atomic E-state index is 8.74. The summed E-state index contributed by atoms with van der Waals surface area (Å²) < 4.78 is 45.2. The zero-order valence-corrected chi connectivity index (χ0v) is 20.7. The van der Waals surface area contributed by atoms with Gasteiger partial charge in [0.1, 0.15) is 6.10 Å². The predicted octanol–water partition coefficient (Wildman–Crippen LogP) is 0.861. The third-order valence-corrected chi connectivity index (χ3v) is 7.36. The minimum atomic E-state index is -2.73. The van der Waals surface area contributed by atoms with E-state index in [1.165, 1.54) is 0 Å². The van der Waals surface area contributed by atoms with E-state index in [1.807, 2.05) is 27.7 Å². The number of rotatable bonds is 24. The molecule has 0 aromatic carbocycles. The average molecular weight is 473 g/mol. The molecule has 1 unspecified atom stereocenters. The molecule has 0 aromatic heterocycles. The molecule has 1 atom stereocenters. The first-order chi connectivity index (χ1) is 15.1. The van der Waals surface area contributed by atoms with Gasteiger partial charge in [0.2, 0.25) is 0 Å². The Morgan fingerprint density at radius 1 is 0.613 bits per heavy atom. The highest BCUT2D eigenvalue weighted by Gasteiger charge is 2.44. The smallest absolute Gasteiger partial charge is 0.394 e. The molecule has 0 aliphatic heterocycles. The van der Waals surface area contributed by atoms with E-state index >= 15 is 0 Å². The normalized spacial score (nSPS) is 13.3. The summed E-state index contributed by atoms with van der Waals surface area (Å²) in [7, 11) is -2.73. The zero-order chi connectivity index (χ0) is 23.2. The highest BCUT2D eigenvalue weighted by molar-refractivity contribution is 6.62. The molecule has 0 spiro atoms. The van der Waals surface area contributed by atoms with Gasteiger partial charge >= 0.3 is 8.80 Å². The van der Waals surface area contributed by atoms with Gasteiger partial charge < -0.3 is 47.2 Å². The molecule has 0 rings (SSSR count). The Hall–Kier alpha value is -0.183. The van der Waals surface area contributed by atoms with Crippen LogP contribution in [-0.2, 0) is 37.0 Å². The fourth-order valence-electron chi connectivity index (χ4n) is 2.57. The Morgan fingerprint density at radius 3 is 1.58 bits per heavy atom. The van der Waals surface area contributed by atoms with Gasteiger partial charge in [-0.2, -0.15) is 0 Å². The molecule has 0 heterocycles. The van der Waals surface area contributed by atoms with Crippen molar-refractivity contribution in [3.8, 4) is 0 Å². The molecule has 0 aliphatic rings. The van der Waals surface area contributed by atoms with Crippen LogP contribution in [-0.4, -0.2) is 118 Å². The van der Waals surface area contributed by atoms with Crippen LogP contribution in [0.2, 0.25) is 5.54 Å². The summed E-state index contributed by atoms with van der Waals surface area (Å²) >= 11 is 0. The molecule has 188 valence electrons. The molecule has 2 N–H and O–H groups in total. The molecule has 11 heteroatoms. The van der Waals surface area contributed by atoms with E-state index in [0.717, 1.165) is 0 Å². The molecule has 0 bridgehead atoms. The Morgan fingerprint density at radius 2 is 1.10 bits per heavy atom. The lowest BCUT2D eigenvalue weighted by Gasteiger charge is -2.32. The summed E-state index contributed by atoms with van der Waals surface area (Å²) in [5, 5.41) is 17.4. The molecule has 31 heavy (non-hydrogen) atoms. The first-order valence-corrected chi connectivity index (χ1v) is 12.9. The van der Waals surface area contributed by atoms with E-state index < -0.39 is 8.80 Å². The van der Waals surface area contributed by atoms with Crippen LogP contribution < -0.4 is 0 Å². The summed E-state index contributed by atoms with van der Waals surface area (Å²) in [6, 6.07) is 0. The van der Waals surface area contributed by atoms with Crippen molar-refractivity contribution < 1.29 is 47.2 Å². The summed E-state index contributed by atoms with van der Waals surface area (Å²) in [4.78, 5) is 0. The SMILES string of the molecule is CCO[Si](OCC)(OCCOCC(COCCOCCO)OCCOCCO)C(C)C. The van der Waals surface area contributed by atoms with Crippen molar-refractivity contribution in [2.45, 2.75) is 39.3 Å². The lowest BCUT2D eigenvalue weighted by molar-refractivity contribution is -0.0837. The maximum Gasteiger partial charge on any atom is 0.503 e. The van der Waals surface area contributed by atoms with Gasteiger partial charge in [-0.25, -0.2) is 0 Å². The van der Waals surface area contributed by atoms with E-state index in [0.29, 0.717) is 72.7 Å². The lowest BCUT2D eigenvalue weighted by Crippen LogP contribution is -2.49. The van der Waals surface area contributed by atoms with Gasteiger partial charge in [-0.05, 0) is 13.8 Å². The molecule has 0 aromatic rings. The van der Waals surface area contributed by atoms with Crippen molar-refractivity contribution in [1.82, 2.24) is 0 Å². The molecule has 0 aliphatic carbocycles. The van der Waals surface area contributed by atoms with Crippen LogP contribution in [0.1, 0.15) is 27.7 Å². The van der Waals surface area contributed by atoms with E-state index in [9.17, 15) is 0 Å². The van der Waals surface area contributed by atoms with E-state index in [2.05, 4.69) is 0 Å². The van der Waals surface area contributed by atoms with Gasteiger partial charge in [0.25, 0.3) is 0 Å². The lowest BCUT2D eigenvalue weighted by atomic mass is 10.4. The zero-order valence-electron chi connectivity index (χ0n) is 19.7. The summed E-state index contributed by atoms with van der Waals surface area (Å²) in [5.41, 5.74) is 0.156. The number of aliphatic hydroxyl groups excluding tert-OH is 2. The second-order valence-electron chi connectivity index (χ2n) is 6.79. The summed E-state index contributed by atoms with van der Waals surface area (Å²) in [5.74, 6) is 0. The number of ether oxygens (including phenoxy) is 5. The standard InChI is InChI=1S/C20H44O10Si/c1-5-28-31(19(3)4,29-6-2)30-16-14-26-18-20(27-15-13-24-10-8-22)17-25-12-11-23-9-7-21/h19-22H,5-18H2,1-4H3. The fourth-order valence-corrected chi connectivity index (χ4v) is 4.99. The highest BCUT2D eigenvalue weighted by Crippen LogP contribution is 2.24. The van der Waals surface area contributed by atoms with Crippen molar-refractivity contribution in [3.05, 3.63) is 0 Å². The minimum absolute atomic E-state index is 0.0109. The third-order valence-electron chi connectivity index (χ3n) is 3.96. The fraction of sp³-hybridized carbons (Fsp3) is 1.00.